The first-order valence-electron chi connectivity index (χ1n) is 6.18. The Kier molecular flexibility index (Phi) is 5.82. The minimum absolute atomic E-state index is 0.00750. The van der Waals surface area contributed by atoms with E-state index < -0.39 is 0 Å². The number of anilines is 1. The summed E-state index contributed by atoms with van der Waals surface area (Å²) in [6.07, 6.45) is 0.887. The van der Waals surface area contributed by atoms with Gasteiger partial charge in [-0.25, -0.2) is 0 Å². The highest BCUT2D eigenvalue weighted by Gasteiger charge is 2.19. The number of amides is 1. The van der Waals surface area contributed by atoms with Crippen molar-refractivity contribution in [3.63, 3.8) is 0 Å². The Hall–Kier alpha value is -1.07. The summed E-state index contributed by atoms with van der Waals surface area (Å²) in [5, 5.41) is 2.92. The van der Waals surface area contributed by atoms with Crippen LogP contribution in [0, 0.1) is 5.41 Å². The van der Waals surface area contributed by atoms with Gasteiger partial charge < -0.3 is 15.8 Å². The van der Waals surface area contributed by atoms with Gasteiger partial charge in [0.1, 0.15) is 0 Å². The molecule has 1 aromatic carbocycles. The lowest BCUT2D eigenvalue weighted by Crippen LogP contribution is -2.35. The summed E-state index contributed by atoms with van der Waals surface area (Å²) in [4.78, 5) is 12.1. The molecule has 1 aromatic rings. The van der Waals surface area contributed by atoms with E-state index in [1.165, 1.54) is 0 Å². The number of methoxy groups -OCH3 is 1. The fraction of sp³-hybridized carbons (Fsp3) is 0.500. The maximum absolute atomic E-state index is 12.1. The molecule has 0 aliphatic heterocycles. The molecule has 0 atom stereocenters. The Bertz CT molecular complexity index is 447. The average Bonchev–Trinajstić information content (AvgIpc) is 2.36. The number of benzene rings is 1. The van der Waals surface area contributed by atoms with Gasteiger partial charge in [-0.1, -0.05) is 29.8 Å². The maximum atomic E-state index is 12.1. The van der Waals surface area contributed by atoms with Gasteiger partial charge in [-0.05, 0) is 30.0 Å². The topological polar surface area (TPSA) is 64.3 Å². The summed E-state index contributed by atoms with van der Waals surface area (Å²) in [5.41, 5.74) is 6.78. The zero-order valence-electron chi connectivity index (χ0n) is 11.6. The predicted octanol–water partition coefficient (Wildman–Crippen LogP) is 2.82. The van der Waals surface area contributed by atoms with Gasteiger partial charge >= 0.3 is 0 Å². The van der Waals surface area contributed by atoms with Crippen molar-refractivity contribution in [3.8, 4) is 0 Å². The van der Waals surface area contributed by atoms with E-state index in [0.29, 0.717) is 24.4 Å². The van der Waals surface area contributed by atoms with Gasteiger partial charge in [0.15, 0.2) is 0 Å². The molecule has 1 rings (SSSR count). The molecule has 0 aliphatic rings. The van der Waals surface area contributed by atoms with Crippen LogP contribution in [0.2, 0.25) is 0 Å². The Morgan fingerprint density at radius 2 is 2.16 bits per heavy atom. The smallest absolute Gasteiger partial charge is 0.253 e. The van der Waals surface area contributed by atoms with Crippen molar-refractivity contribution in [1.82, 2.24) is 5.32 Å². The first-order valence-corrected chi connectivity index (χ1v) is 6.97. The molecule has 0 spiro atoms. The molecular weight excluding hydrogens is 308 g/mol. The molecular formula is C14H21BrN2O2. The predicted molar refractivity (Wildman–Crippen MR) is 81.2 cm³/mol. The Morgan fingerprint density at radius 1 is 1.47 bits per heavy atom. The third kappa shape index (κ3) is 5.20. The first-order chi connectivity index (χ1) is 8.85. The lowest BCUT2D eigenvalue weighted by Gasteiger charge is -2.24. The minimum atomic E-state index is -0.149. The van der Waals surface area contributed by atoms with Crippen LogP contribution in [0.4, 0.5) is 5.69 Å². The van der Waals surface area contributed by atoms with Gasteiger partial charge in [-0.15, -0.1) is 0 Å². The van der Waals surface area contributed by atoms with Gasteiger partial charge in [0.2, 0.25) is 0 Å². The molecule has 0 aromatic heterocycles. The summed E-state index contributed by atoms with van der Waals surface area (Å²) in [5.74, 6) is -0.149. The maximum Gasteiger partial charge on any atom is 0.253 e. The van der Waals surface area contributed by atoms with E-state index in [4.69, 9.17) is 10.5 Å². The number of nitrogens with two attached hydrogens (primary N) is 1. The van der Waals surface area contributed by atoms with Crippen LogP contribution < -0.4 is 11.1 Å². The highest BCUT2D eigenvalue weighted by molar-refractivity contribution is 9.10. The van der Waals surface area contributed by atoms with E-state index in [-0.39, 0.29) is 11.3 Å². The number of halogens is 1. The number of ether oxygens (including phenoxy) is 1. The largest absolute Gasteiger partial charge is 0.398 e. The van der Waals surface area contributed by atoms with Crippen LogP contribution in [-0.4, -0.2) is 26.2 Å². The lowest BCUT2D eigenvalue weighted by molar-refractivity contribution is 0.0921. The average molecular weight is 329 g/mol. The summed E-state index contributed by atoms with van der Waals surface area (Å²) in [6, 6.07) is 5.26. The van der Waals surface area contributed by atoms with Crippen molar-refractivity contribution in [1.29, 1.82) is 0 Å². The molecule has 0 radical (unpaired) electrons. The molecule has 1 amide bonds. The number of nitrogens with one attached hydrogen (secondary N) is 1. The van der Waals surface area contributed by atoms with E-state index in [1.807, 2.05) is 6.07 Å². The second kappa shape index (κ2) is 6.91. The number of carbonyl (C=O) groups is 1. The van der Waals surface area contributed by atoms with Crippen LogP contribution in [0.5, 0.6) is 0 Å². The van der Waals surface area contributed by atoms with Gasteiger partial charge in [0, 0.05) is 30.4 Å². The fourth-order valence-corrected chi connectivity index (χ4v) is 1.97. The molecule has 5 heteroatoms. The SMILES string of the molecule is COCCC(C)(C)CNC(=O)c1cc(Br)ccc1N. The van der Waals surface area contributed by atoms with E-state index >= 15 is 0 Å². The van der Waals surface area contributed by atoms with Crippen molar-refractivity contribution in [2.45, 2.75) is 20.3 Å². The van der Waals surface area contributed by atoms with Crippen molar-refractivity contribution in [2.75, 3.05) is 26.0 Å². The van der Waals surface area contributed by atoms with Crippen molar-refractivity contribution >= 4 is 27.5 Å². The Balaban J connectivity index is 2.62. The van der Waals surface area contributed by atoms with Gasteiger partial charge in [-0.2, -0.15) is 0 Å². The van der Waals surface area contributed by atoms with E-state index in [2.05, 4.69) is 35.1 Å². The monoisotopic (exact) mass is 328 g/mol. The second-order valence-corrected chi connectivity index (χ2v) is 6.24. The Labute approximate surface area is 122 Å². The van der Waals surface area contributed by atoms with Gasteiger partial charge in [0.25, 0.3) is 5.91 Å². The van der Waals surface area contributed by atoms with E-state index in [9.17, 15) is 4.79 Å². The summed E-state index contributed by atoms with van der Waals surface area (Å²) in [6.45, 7) is 5.45. The molecule has 106 valence electrons. The molecule has 0 heterocycles. The lowest BCUT2D eigenvalue weighted by atomic mass is 9.89. The molecule has 19 heavy (non-hydrogen) atoms. The van der Waals surface area contributed by atoms with Crippen LogP contribution in [0.15, 0.2) is 22.7 Å². The fourth-order valence-electron chi connectivity index (χ4n) is 1.61. The van der Waals surface area contributed by atoms with Gasteiger partial charge in [-0.3, -0.25) is 4.79 Å². The normalized spacial score (nSPS) is 11.4. The van der Waals surface area contributed by atoms with Crippen LogP contribution in [0.1, 0.15) is 30.6 Å². The number of carbonyl (C=O) groups excluding carboxylic acids is 1. The third-order valence-electron chi connectivity index (χ3n) is 2.97. The number of nitrogen functional groups attached to an aromatic ring is 1. The number of hydrogen-bond donors (Lipinski definition) is 2. The summed E-state index contributed by atoms with van der Waals surface area (Å²) in [7, 11) is 1.68. The zero-order chi connectivity index (χ0) is 14.5. The van der Waals surface area contributed by atoms with Crippen molar-refractivity contribution in [2.24, 2.45) is 5.41 Å². The van der Waals surface area contributed by atoms with Crippen LogP contribution in [0.3, 0.4) is 0 Å². The van der Waals surface area contributed by atoms with Crippen LogP contribution >= 0.6 is 15.9 Å². The summed E-state index contributed by atoms with van der Waals surface area (Å²) >= 11 is 3.34. The second-order valence-electron chi connectivity index (χ2n) is 5.32. The molecule has 0 fully saturated rings. The van der Waals surface area contributed by atoms with E-state index in [0.717, 1.165) is 10.9 Å². The highest BCUT2D eigenvalue weighted by Crippen LogP contribution is 2.21. The highest BCUT2D eigenvalue weighted by atomic mass is 79.9. The third-order valence-corrected chi connectivity index (χ3v) is 3.46. The number of hydrogen-bond acceptors (Lipinski definition) is 3. The quantitative estimate of drug-likeness (QED) is 0.789. The molecule has 3 N–H and O–H groups in total. The van der Waals surface area contributed by atoms with Gasteiger partial charge in [0.05, 0.1) is 5.56 Å². The summed E-state index contributed by atoms with van der Waals surface area (Å²) < 4.78 is 5.90. The van der Waals surface area contributed by atoms with Crippen molar-refractivity contribution < 1.29 is 9.53 Å². The Morgan fingerprint density at radius 3 is 2.79 bits per heavy atom. The molecule has 4 nitrogen and oxygen atoms in total. The molecule has 0 saturated carbocycles. The number of rotatable bonds is 6. The van der Waals surface area contributed by atoms with Crippen LogP contribution in [0.25, 0.3) is 0 Å². The standard InChI is InChI=1S/C14H21BrN2O2/c1-14(2,6-7-19-3)9-17-13(18)11-8-10(15)4-5-12(11)16/h4-5,8H,6-7,9,16H2,1-3H3,(H,17,18). The molecule has 0 saturated heterocycles. The molecule has 0 unspecified atom stereocenters. The molecule has 0 bridgehead atoms. The molecule has 0 aliphatic carbocycles. The zero-order valence-corrected chi connectivity index (χ0v) is 13.2. The van der Waals surface area contributed by atoms with E-state index in [1.54, 1.807) is 19.2 Å². The van der Waals surface area contributed by atoms with Crippen molar-refractivity contribution in [3.05, 3.63) is 28.2 Å². The first kappa shape index (κ1) is 16.0. The van der Waals surface area contributed by atoms with Crippen LogP contribution in [-0.2, 0) is 4.74 Å². The minimum Gasteiger partial charge on any atom is -0.398 e.